The number of halogens is 2. The van der Waals surface area contributed by atoms with E-state index in [-0.39, 0.29) is 34.1 Å². The molecule has 6 amide bonds. The van der Waals surface area contributed by atoms with Crippen molar-refractivity contribution in [3.63, 3.8) is 0 Å². The molecule has 0 heterocycles. The van der Waals surface area contributed by atoms with Gasteiger partial charge in [-0.25, -0.2) is 35.9 Å². The molecule has 2 aliphatic rings. The maximum absolute atomic E-state index is 12.5. The highest BCUT2D eigenvalue weighted by molar-refractivity contribution is 7.90. The Bertz CT molecular complexity index is 2710. The second-order valence-corrected chi connectivity index (χ2v) is 19.5. The first kappa shape index (κ1) is 45.6. The van der Waals surface area contributed by atoms with Gasteiger partial charge in [-0.3, -0.25) is 9.59 Å². The Hall–Kier alpha value is -5.56. The largest absolute Gasteiger partial charge is 0.496 e. The highest BCUT2D eigenvalue weighted by Crippen LogP contribution is 2.24. The van der Waals surface area contributed by atoms with Crippen LogP contribution >= 0.6 is 23.2 Å². The van der Waals surface area contributed by atoms with Crippen molar-refractivity contribution in [3.8, 4) is 11.5 Å². The van der Waals surface area contributed by atoms with E-state index in [0.717, 1.165) is 11.1 Å². The van der Waals surface area contributed by atoms with Crippen molar-refractivity contribution in [1.82, 2.24) is 30.7 Å². The van der Waals surface area contributed by atoms with Crippen LogP contribution in [0, 0.1) is 0 Å². The molecule has 0 saturated heterocycles. The number of nitrogens with one attached hydrogen (secondary N) is 6. The summed E-state index contributed by atoms with van der Waals surface area (Å²) in [5.74, 6) is 0.125. The fourth-order valence-corrected chi connectivity index (χ4v) is 9.12. The number of carbonyl (C=O) groups excluding carboxylic acids is 4. The number of sulfonamides is 2. The first-order chi connectivity index (χ1) is 33.0. The van der Waals surface area contributed by atoms with E-state index in [4.69, 9.17) is 38.2 Å². The number of amides is 6. The van der Waals surface area contributed by atoms with Gasteiger partial charge in [0.1, 0.15) is 11.5 Å². The summed E-state index contributed by atoms with van der Waals surface area (Å²) in [6, 6.07) is 19.1. The molecule has 1 atom stereocenters. The van der Waals surface area contributed by atoms with Crippen LogP contribution in [-0.2, 0) is 32.9 Å². The van der Waals surface area contributed by atoms with Crippen LogP contribution in [0.5, 0.6) is 11.5 Å². The van der Waals surface area contributed by atoms with E-state index >= 15 is 0 Å². The van der Waals surface area contributed by atoms with E-state index < -0.39 is 50.9 Å². The minimum Gasteiger partial charge on any atom is -0.496 e. The van der Waals surface area contributed by atoms with Gasteiger partial charge in [0.2, 0.25) is 0 Å². The van der Waals surface area contributed by atoms with Crippen LogP contribution in [0.3, 0.4) is 0 Å². The van der Waals surface area contributed by atoms with Crippen LogP contribution < -0.4 is 40.2 Å². The molecule has 0 bridgehead atoms. The molecule has 6 rings (SSSR count). The lowest BCUT2D eigenvalue weighted by Crippen LogP contribution is -2.45. The van der Waals surface area contributed by atoms with Crippen molar-refractivity contribution in [2.24, 2.45) is 0 Å². The third-order valence-electron chi connectivity index (χ3n) is 10.4. The predicted octanol–water partition coefficient (Wildman–Crippen LogP) is 7.28. The summed E-state index contributed by atoms with van der Waals surface area (Å²) in [5.41, 5.74) is 2.22. The van der Waals surface area contributed by atoms with E-state index in [1.54, 1.807) is 48.5 Å². The molecular formula is C46H56Cl2N6O10S2. The third-order valence-corrected chi connectivity index (χ3v) is 13.6. The van der Waals surface area contributed by atoms with Gasteiger partial charge < -0.3 is 30.7 Å². The normalized spacial score (nSPS) is 17.6. The van der Waals surface area contributed by atoms with Gasteiger partial charge in [0.25, 0.3) is 31.9 Å². The lowest BCUT2D eigenvalue weighted by molar-refractivity contribution is 0.0942. The molecule has 0 aromatic heterocycles. The number of carbonyl (C=O) groups is 4. The highest BCUT2D eigenvalue weighted by atomic mass is 35.5. The fraction of sp³-hybridized carbons (Fsp3) is 0.391. The quantitative estimate of drug-likeness (QED) is 0.0657. The molecule has 2 fully saturated rings. The number of benzene rings is 4. The van der Waals surface area contributed by atoms with Gasteiger partial charge in [0, 0.05) is 40.7 Å². The smallest absolute Gasteiger partial charge is 0.328 e. The zero-order valence-corrected chi connectivity index (χ0v) is 39.5. The Morgan fingerprint density at radius 2 is 0.985 bits per heavy atom. The first-order valence-corrected chi connectivity index (χ1v) is 24.8. The number of hydrogen-bond acceptors (Lipinski definition) is 10. The standard InChI is InChI=1S/2C23H28ClN3O5S/c2*1-32-21-12-9-17(24)15-20(21)22(28)25-14-13-16-7-10-19(11-8-16)33(30,31)27-23(29)26-18-5-3-2-4-6-18/h2*7-12,15,18H,2-6,13-14H2,1H3,(H,25,28)(H2,26,27,29)/i3D2;2D2. The van der Waals surface area contributed by atoms with Crippen LogP contribution in [-0.4, -0.2) is 80.1 Å². The van der Waals surface area contributed by atoms with Crippen molar-refractivity contribution in [2.45, 2.75) is 98.8 Å². The Kier molecular flexibility index (Phi) is 17.1. The monoisotopic (exact) mass is 990 g/mol. The summed E-state index contributed by atoms with van der Waals surface area (Å²) in [5, 5.41) is 11.5. The molecule has 16 nitrogen and oxygen atoms in total. The maximum Gasteiger partial charge on any atom is 0.328 e. The molecule has 4 aromatic rings. The van der Waals surface area contributed by atoms with E-state index in [1.807, 2.05) is 9.44 Å². The van der Waals surface area contributed by atoms with Gasteiger partial charge in [-0.2, -0.15) is 0 Å². The number of methoxy groups -OCH3 is 2. The molecule has 4 aromatic carbocycles. The number of rotatable bonds is 16. The molecule has 2 aliphatic carbocycles. The van der Waals surface area contributed by atoms with E-state index in [2.05, 4.69) is 21.3 Å². The summed E-state index contributed by atoms with van der Waals surface area (Å²) in [6.45, 7) is 0.608. The molecule has 66 heavy (non-hydrogen) atoms. The molecule has 1 unspecified atom stereocenters. The van der Waals surface area contributed by atoms with Gasteiger partial charge in [0.05, 0.1) is 35.1 Å². The molecule has 0 radical (unpaired) electrons. The van der Waals surface area contributed by atoms with Crippen LogP contribution in [0.1, 0.15) is 101 Å². The lowest BCUT2D eigenvalue weighted by Gasteiger charge is -2.22. The van der Waals surface area contributed by atoms with Crippen LogP contribution in [0.25, 0.3) is 0 Å². The minimum absolute atomic E-state index is 0.0657. The summed E-state index contributed by atoms with van der Waals surface area (Å²) >= 11 is 11.9. The lowest BCUT2D eigenvalue weighted by atomic mass is 9.96. The van der Waals surface area contributed by atoms with E-state index in [9.17, 15) is 36.0 Å². The average Bonchev–Trinajstić information content (AvgIpc) is 3.29. The van der Waals surface area contributed by atoms with Crippen molar-refractivity contribution in [1.29, 1.82) is 0 Å². The topological polar surface area (TPSA) is 227 Å². The zero-order valence-electron chi connectivity index (χ0n) is 40.4. The average molecular weight is 992 g/mol. The van der Waals surface area contributed by atoms with Gasteiger partial charge in [-0.1, -0.05) is 85.9 Å². The Balaban J connectivity index is 0.000000261. The van der Waals surface area contributed by atoms with Gasteiger partial charge in [-0.15, -0.1) is 0 Å². The molecule has 356 valence electrons. The maximum atomic E-state index is 12.5. The summed E-state index contributed by atoms with van der Waals surface area (Å²) in [4.78, 5) is 49.1. The number of ether oxygens (including phenoxy) is 2. The molecule has 0 spiro atoms. The second-order valence-electron chi connectivity index (χ2n) is 15.2. The highest BCUT2D eigenvalue weighted by Gasteiger charge is 2.23. The summed E-state index contributed by atoms with van der Waals surface area (Å²) < 4.78 is 95.6. The fourth-order valence-electron chi connectivity index (χ4n) is 6.95. The Morgan fingerprint density at radius 3 is 1.39 bits per heavy atom. The van der Waals surface area contributed by atoms with Crippen molar-refractivity contribution < 1.29 is 51.0 Å². The van der Waals surface area contributed by atoms with Crippen molar-refractivity contribution in [2.75, 3.05) is 27.3 Å². The molecule has 2 saturated carbocycles. The van der Waals surface area contributed by atoms with E-state index in [1.165, 1.54) is 50.6 Å². The number of urea groups is 2. The van der Waals surface area contributed by atoms with Crippen LogP contribution in [0.15, 0.2) is 94.7 Å². The third kappa shape index (κ3) is 15.8. The minimum atomic E-state index is -4.09. The summed E-state index contributed by atoms with van der Waals surface area (Å²) in [7, 11) is -5.23. The van der Waals surface area contributed by atoms with E-state index in [0.29, 0.717) is 104 Å². The van der Waals surface area contributed by atoms with Crippen molar-refractivity contribution >= 4 is 67.1 Å². The molecule has 20 heteroatoms. The Labute approximate surface area is 402 Å². The molecule has 0 aliphatic heterocycles. The molecule has 6 N–H and O–H groups in total. The SMILES string of the molecule is [2H]C1([2H])CCC(NC(=O)NS(=O)(=O)c2ccc(CCNC(=O)c3cc(Cl)ccc3OC)cc2)CC1.[2H]C1([2H])CCCC(NC(=O)NS(=O)(=O)c2ccc(CCNC(=O)c3cc(Cl)ccc3OC)cc2)C1. The first-order valence-electron chi connectivity index (χ1n) is 23.1. The molecular weight excluding hydrogens is 932 g/mol. The number of hydrogen-bond donors (Lipinski definition) is 6. The van der Waals surface area contributed by atoms with Crippen LogP contribution in [0.4, 0.5) is 9.59 Å². The van der Waals surface area contributed by atoms with Gasteiger partial charge in [0.15, 0.2) is 0 Å². The predicted molar refractivity (Wildman–Crippen MR) is 252 cm³/mol. The van der Waals surface area contributed by atoms with Crippen LogP contribution in [0.2, 0.25) is 10.0 Å². The Morgan fingerprint density at radius 1 is 0.576 bits per heavy atom. The van der Waals surface area contributed by atoms with Crippen molar-refractivity contribution in [3.05, 3.63) is 117 Å². The zero-order chi connectivity index (χ0) is 51.3. The van der Waals surface area contributed by atoms with Gasteiger partial charge >= 0.3 is 12.1 Å². The van der Waals surface area contributed by atoms with Gasteiger partial charge in [-0.05, 0) is 110 Å². The summed E-state index contributed by atoms with van der Waals surface area (Å²) in [6.07, 6.45) is 1.64. The second kappa shape index (κ2) is 24.8.